The van der Waals surface area contributed by atoms with Crippen LogP contribution in [0.15, 0.2) is 30.6 Å². The van der Waals surface area contributed by atoms with Gasteiger partial charge in [-0.15, -0.1) is 0 Å². The Bertz CT molecular complexity index is 932. The number of amides is 3. The van der Waals surface area contributed by atoms with Crippen LogP contribution < -0.4 is 20.1 Å². The first kappa shape index (κ1) is 18.2. The smallest absolute Gasteiger partial charge is 0.322 e. The number of hydrogen-bond acceptors (Lipinski definition) is 6. The lowest BCUT2D eigenvalue weighted by molar-refractivity contribution is -0.125. The van der Waals surface area contributed by atoms with Crippen molar-refractivity contribution < 1.29 is 19.1 Å². The summed E-state index contributed by atoms with van der Waals surface area (Å²) in [5, 5.41) is 5.15. The SMILES string of the molecule is COc1cc(Oc2cc(C3CCCC4(C3)NC(=O)NC4=O)ncn2)ccc1C. The Balaban J connectivity index is 1.54. The summed E-state index contributed by atoms with van der Waals surface area (Å²) in [7, 11) is 1.62. The maximum Gasteiger partial charge on any atom is 0.322 e. The molecule has 8 heteroatoms. The number of imide groups is 1. The van der Waals surface area contributed by atoms with E-state index in [2.05, 4.69) is 20.6 Å². The molecule has 2 unspecified atom stereocenters. The number of nitrogens with one attached hydrogen (secondary N) is 2. The van der Waals surface area contributed by atoms with Crippen molar-refractivity contribution in [3.05, 3.63) is 41.9 Å². The molecule has 0 bridgehead atoms. The Labute approximate surface area is 162 Å². The van der Waals surface area contributed by atoms with Crippen molar-refractivity contribution >= 4 is 11.9 Å². The zero-order valence-electron chi connectivity index (χ0n) is 15.8. The second-order valence-corrected chi connectivity index (χ2v) is 7.30. The lowest BCUT2D eigenvalue weighted by Gasteiger charge is -2.35. The van der Waals surface area contributed by atoms with E-state index >= 15 is 0 Å². The maximum atomic E-state index is 12.3. The number of benzene rings is 1. The minimum absolute atomic E-state index is 0.0378. The number of carbonyl (C=O) groups is 2. The first-order valence-electron chi connectivity index (χ1n) is 9.27. The molecule has 2 N–H and O–H groups in total. The van der Waals surface area contributed by atoms with Crippen molar-refractivity contribution in [3.63, 3.8) is 0 Å². The minimum atomic E-state index is -0.837. The zero-order chi connectivity index (χ0) is 19.7. The van der Waals surface area contributed by atoms with E-state index in [4.69, 9.17) is 9.47 Å². The van der Waals surface area contributed by atoms with Crippen LogP contribution in [0.5, 0.6) is 17.4 Å². The number of carbonyl (C=O) groups excluding carboxylic acids is 2. The molecule has 2 fully saturated rings. The lowest BCUT2D eigenvalue weighted by Crippen LogP contribution is -2.49. The number of methoxy groups -OCH3 is 1. The number of ether oxygens (including phenoxy) is 2. The summed E-state index contributed by atoms with van der Waals surface area (Å²) in [6.07, 6.45) is 4.33. The normalized spacial score (nSPS) is 24.0. The van der Waals surface area contributed by atoms with Crippen molar-refractivity contribution in [1.29, 1.82) is 0 Å². The van der Waals surface area contributed by atoms with Crippen LogP contribution in [0, 0.1) is 6.92 Å². The number of aromatic nitrogens is 2. The van der Waals surface area contributed by atoms with E-state index in [0.29, 0.717) is 24.5 Å². The highest BCUT2D eigenvalue weighted by atomic mass is 16.5. The molecule has 8 nitrogen and oxygen atoms in total. The predicted molar refractivity (Wildman–Crippen MR) is 100 cm³/mol. The third-order valence-electron chi connectivity index (χ3n) is 5.45. The van der Waals surface area contributed by atoms with Crippen molar-refractivity contribution in [1.82, 2.24) is 20.6 Å². The molecule has 3 amide bonds. The molecule has 1 spiro atoms. The third-order valence-corrected chi connectivity index (χ3v) is 5.45. The Morgan fingerprint density at radius 1 is 1.21 bits per heavy atom. The van der Waals surface area contributed by atoms with Crippen molar-refractivity contribution in [3.8, 4) is 17.4 Å². The molecule has 1 aromatic heterocycles. The molecular weight excluding hydrogens is 360 g/mol. The molecule has 1 aliphatic heterocycles. The molecule has 2 atom stereocenters. The van der Waals surface area contributed by atoms with Gasteiger partial charge in [-0.2, -0.15) is 0 Å². The van der Waals surface area contributed by atoms with E-state index in [1.807, 2.05) is 25.1 Å². The summed E-state index contributed by atoms with van der Waals surface area (Å²) in [6, 6.07) is 6.96. The molecule has 1 saturated heterocycles. The first-order chi connectivity index (χ1) is 13.5. The van der Waals surface area contributed by atoms with Crippen molar-refractivity contribution in [2.24, 2.45) is 0 Å². The highest BCUT2D eigenvalue weighted by Crippen LogP contribution is 2.40. The van der Waals surface area contributed by atoms with Gasteiger partial charge >= 0.3 is 6.03 Å². The van der Waals surface area contributed by atoms with Gasteiger partial charge in [-0.3, -0.25) is 10.1 Å². The quantitative estimate of drug-likeness (QED) is 0.789. The topological polar surface area (TPSA) is 102 Å². The molecular formula is C20H22N4O4. The summed E-state index contributed by atoms with van der Waals surface area (Å²) in [6.45, 7) is 1.96. The zero-order valence-corrected chi connectivity index (χ0v) is 15.8. The second-order valence-electron chi connectivity index (χ2n) is 7.30. The third kappa shape index (κ3) is 3.37. The van der Waals surface area contributed by atoms with Gasteiger partial charge in [0.15, 0.2) is 0 Å². The maximum absolute atomic E-state index is 12.3. The Hall–Kier alpha value is -3.16. The van der Waals surface area contributed by atoms with Crippen LogP contribution in [-0.2, 0) is 4.79 Å². The average molecular weight is 382 g/mol. The minimum Gasteiger partial charge on any atom is -0.496 e. The molecule has 2 heterocycles. The highest BCUT2D eigenvalue weighted by molar-refractivity contribution is 6.07. The van der Waals surface area contributed by atoms with Crippen LogP contribution in [0.25, 0.3) is 0 Å². The molecule has 1 aliphatic carbocycles. The Morgan fingerprint density at radius 3 is 2.82 bits per heavy atom. The Morgan fingerprint density at radius 2 is 2.07 bits per heavy atom. The highest BCUT2D eigenvalue weighted by Gasteiger charge is 2.49. The largest absolute Gasteiger partial charge is 0.496 e. The molecule has 1 saturated carbocycles. The van der Waals surface area contributed by atoms with Crippen LogP contribution in [0.3, 0.4) is 0 Å². The molecule has 1 aromatic carbocycles. The van der Waals surface area contributed by atoms with Gasteiger partial charge < -0.3 is 14.8 Å². The molecule has 0 radical (unpaired) electrons. The molecule has 4 rings (SSSR count). The molecule has 2 aliphatic rings. The molecule has 146 valence electrons. The summed E-state index contributed by atoms with van der Waals surface area (Å²) >= 11 is 0. The van der Waals surface area contributed by atoms with Crippen LogP contribution in [0.4, 0.5) is 4.79 Å². The number of aryl methyl sites for hydroxylation is 1. The molecule has 28 heavy (non-hydrogen) atoms. The van der Waals surface area contributed by atoms with Gasteiger partial charge in [0.05, 0.1) is 12.8 Å². The first-order valence-corrected chi connectivity index (χ1v) is 9.27. The van der Waals surface area contributed by atoms with E-state index in [9.17, 15) is 9.59 Å². The standard InChI is InChI=1S/C20H22N4O4/c1-12-5-6-14(8-16(12)27-2)28-17-9-15(21-11-22-17)13-4-3-7-20(10-13)18(25)23-19(26)24-20/h5-6,8-9,11,13H,3-4,7,10H2,1-2H3,(H2,23,24,25,26). The Kier molecular flexibility index (Phi) is 4.62. The number of urea groups is 1. The average Bonchev–Trinajstić information content (AvgIpc) is 2.96. The van der Waals surface area contributed by atoms with Gasteiger partial charge in [-0.05, 0) is 44.2 Å². The van der Waals surface area contributed by atoms with Crippen molar-refractivity contribution in [2.75, 3.05) is 7.11 Å². The fraction of sp³-hybridized carbons (Fsp3) is 0.400. The van der Waals surface area contributed by atoms with E-state index in [1.165, 1.54) is 6.33 Å². The summed E-state index contributed by atoms with van der Waals surface area (Å²) < 4.78 is 11.2. The van der Waals surface area contributed by atoms with Gasteiger partial charge in [0, 0.05) is 18.1 Å². The van der Waals surface area contributed by atoms with Gasteiger partial charge in [0.1, 0.15) is 23.4 Å². The second kappa shape index (κ2) is 7.10. The predicted octanol–water partition coefficient (Wildman–Crippen LogP) is 2.82. The molecule has 2 aromatic rings. The van der Waals surface area contributed by atoms with Gasteiger partial charge in [0.2, 0.25) is 5.88 Å². The van der Waals surface area contributed by atoms with Crippen molar-refractivity contribution in [2.45, 2.75) is 44.1 Å². The van der Waals surface area contributed by atoms with E-state index in [1.54, 1.807) is 13.2 Å². The number of rotatable bonds is 4. The van der Waals surface area contributed by atoms with Crippen LogP contribution in [-0.4, -0.2) is 34.6 Å². The summed E-state index contributed by atoms with van der Waals surface area (Å²) in [4.78, 5) is 32.5. The summed E-state index contributed by atoms with van der Waals surface area (Å²) in [5.74, 6) is 1.57. The van der Waals surface area contributed by atoms with E-state index in [-0.39, 0.29) is 11.8 Å². The monoisotopic (exact) mass is 382 g/mol. The summed E-state index contributed by atoms with van der Waals surface area (Å²) in [5.41, 5.74) is 0.982. The van der Waals surface area contributed by atoms with Gasteiger partial charge in [-0.25, -0.2) is 14.8 Å². The lowest BCUT2D eigenvalue weighted by atomic mass is 9.74. The van der Waals surface area contributed by atoms with Crippen LogP contribution in [0.1, 0.15) is 42.9 Å². The van der Waals surface area contributed by atoms with E-state index < -0.39 is 11.6 Å². The van der Waals surface area contributed by atoms with Crippen LogP contribution >= 0.6 is 0 Å². The van der Waals surface area contributed by atoms with E-state index in [0.717, 1.165) is 29.8 Å². The fourth-order valence-corrected chi connectivity index (χ4v) is 3.99. The fourth-order valence-electron chi connectivity index (χ4n) is 3.99. The number of nitrogens with zero attached hydrogens (tertiary/aromatic N) is 2. The van der Waals surface area contributed by atoms with Crippen LogP contribution in [0.2, 0.25) is 0 Å². The van der Waals surface area contributed by atoms with Gasteiger partial charge in [-0.1, -0.05) is 6.07 Å². The van der Waals surface area contributed by atoms with Gasteiger partial charge in [0.25, 0.3) is 5.91 Å². The number of hydrogen-bond donors (Lipinski definition) is 2.